The number of para-hydroxylation sites is 1. The monoisotopic (exact) mass is 231 g/mol. The number of fused-ring (bicyclic) bond motifs is 1. The molecule has 0 spiro atoms. The summed E-state index contributed by atoms with van der Waals surface area (Å²) in [5, 5.41) is 10.7. The van der Waals surface area contributed by atoms with Gasteiger partial charge in [0, 0.05) is 16.6 Å². The van der Waals surface area contributed by atoms with E-state index in [0.717, 1.165) is 16.6 Å². The van der Waals surface area contributed by atoms with Crippen LogP contribution >= 0.6 is 0 Å². The van der Waals surface area contributed by atoms with Crippen molar-refractivity contribution < 1.29 is 14.6 Å². The van der Waals surface area contributed by atoms with Gasteiger partial charge in [0.15, 0.2) is 6.10 Å². The summed E-state index contributed by atoms with van der Waals surface area (Å²) in [6.07, 6.45) is -1.27. The molecule has 1 atom stereocenters. The second-order valence-electron chi connectivity index (χ2n) is 3.80. The molecule has 2 rings (SSSR count). The van der Waals surface area contributed by atoms with Crippen LogP contribution in [0.25, 0.3) is 10.9 Å². The highest BCUT2D eigenvalue weighted by atomic mass is 16.5. The van der Waals surface area contributed by atoms with Crippen LogP contribution in [0.4, 0.5) is 0 Å². The van der Waals surface area contributed by atoms with Gasteiger partial charge in [0.05, 0.1) is 12.6 Å². The van der Waals surface area contributed by atoms with Crippen molar-refractivity contribution in [2.24, 2.45) is 0 Å². The molecule has 0 aliphatic heterocycles. The molecule has 0 aliphatic rings. The highest BCUT2D eigenvalue weighted by Gasteiger charge is 2.20. The number of hydrogen-bond acceptors (Lipinski definition) is 4. The standard InChI is InChI=1S/C13H13NO3/c1-8-7-10(12(15)13(16)17-2)9-5-3-4-6-11(9)14-8/h3-7,12,15H,1-2H3. The maximum atomic E-state index is 11.4. The van der Waals surface area contributed by atoms with Crippen molar-refractivity contribution in [2.75, 3.05) is 7.11 Å². The zero-order chi connectivity index (χ0) is 12.4. The van der Waals surface area contributed by atoms with Crippen LogP contribution in [0, 0.1) is 6.92 Å². The molecule has 2 aromatic rings. The van der Waals surface area contributed by atoms with E-state index in [0.29, 0.717) is 5.56 Å². The van der Waals surface area contributed by atoms with Gasteiger partial charge in [-0.25, -0.2) is 4.79 Å². The summed E-state index contributed by atoms with van der Waals surface area (Å²) >= 11 is 0. The lowest BCUT2D eigenvalue weighted by molar-refractivity contribution is -0.150. The zero-order valence-corrected chi connectivity index (χ0v) is 9.68. The number of hydrogen-bond donors (Lipinski definition) is 1. The first-order valence-corrected chi connectivity index (χ1v) is 5.25. The smallest absolute Gasteiger partial charge is 0.339 e. The molecule has 1 N–H and O–H groups in total. The van der Waals surface area contributed by atoms with Gasteiger partial charge in [-0.2, -0.15) is 0 Å². The van der Waals surface area contributed by atoms with Gasteiger partial charge in [-0.1, -0.05) is 18.2 Å². The summed E-state index contributed by atoms with van der Waals surface area (Å²) in [6.45, 7) is 1.82. The van der Waals surface area contributed by atoms with Crippen molar-refractivity contribution in [2.45, 2.75) is 13.0 Å². The third-order valence-corrected chi connectivity index (χ3v) is 2.60. The van der Waals surface area contributed by atoms with E-state index >= 15 is 0 Å². The minimum absolute atomic E-state index is 0.528. The van der Waals surface area contributed by atoms with Gasteiger partial charge in [-0.15, -0.1) is 0 Å². The summed E-state index contributed by atoms with van der Waals surface area (Å²) in [7, 11) is 1.25. The molecule has 0 radical (unpaired) electrons. The second kappa shape index (κ2) is 4.51. The fraction of sp³-hybridized carbons (Fsp3) is 0.231. The summed E-state index contributed by atoms with van der Waals surface area (Å²) in [6, 6.07) is 9.07. The number of aromatic nitrogens is 1. The van der Waals surface area contributed by atoms with Crippen LogP contribution in [-0.4, -0.2) is 23.2 Å². The van der Waals surface area contributed by atoms with E-state index in [1.165, 1.54) is 7.11 Å². The number of ether oxygens (including phenoxy) is 1. The number of methoxy groups -OCH3 is 1. The lowest BCUT2D eigenvalue weighted by Crippen LogP contribution is -2.14. The van der Waals surface area contributed by atoms with Gasteiger partial charge >= 0.3 is 5.97 Å². The predicted molar refractivity (Wildman–Crippen MR) is 63.5 cm³/mol. The predicted octanol–water partition coefficient (Wildman–Crippen LogP) is 1.75. The van der Waals surface area contributed by atoms with Gasteiger partial charge in [-0.3, -0.25) is 4.98 Å². The van der Waals surface area contributed by atoms with E-state index < -0.39 is 12.1 Å². The first-order valence-electron chi connectivity index (χ1n) is 5.25. The third-order valence-electron chi connectivity index (χ3n) is 2.60. The molecule has 0 amide bonds. The SMILES string of the molecule is COC(=O)C(O)c1cc(C)nc2ccccc12. The van der Waals surface area contributed by atoms with Gasteiger partial charge in [-0.05, 0) is 19.1 Å². The molecule has 0 saturated heterocycles. The number of aliphatic hydroxyl groups excluding tert-OH is 1. The molecule has 1 heterocycles. The maximum Gasteiger partial charge on any atom is 0.339 e. The minimum Gasteiger partial charge on any atom is -0.467 e. The maximum absolute atomic E-state index is 11.4. The molecule has 17 heavy (non-hydrogen) atoms. The van der Waals surface area contributed by atoms with Crippen molar-refractivity contribution in [1.82, 2.24) is 4.98 Å². The van der Waals surface area contributed by atoms with Crippen molar-refractivity contribution in [3.05, 3.63) is 41.6 Å². The number of pyridine rings is 1. The fourth-order valence-electron chi connectivity index (χ4n) is 1.81. The highest BCUT2D eigenvalue weighted by molar-refractivity contribution is 5.88. The van der Waals surface area contributed by atoms with E-state index in [1.807, 2.05) is 31.2 Å². The number of aryl methyl sites for hydroxylation is 1. The van der Waals surface area contributed by atoms with Gasteiger partial charge in [0.25, 0.3) is 0 Å². The molecule has 4 heteroatoms. The number of rotatable bonds is 2. The molecule has 1 aromatic heterocycles. The molecule has 0 fully saturated rings. The summed E-state index contributed by atoms with van der Waals surface area (Å²) in [4.78, 5) is 15.7. The van der Waals surface area contributed by atoms with Crippen LogP contribution in [0.3, 0.4) is 0 Å². The van der Waals surface area contributed by atoms with Crippen molar-refractivity contribution in [3.8, 4) is 0 Å². The first kappa shape index (κ1) is 11.5. The van der Waals surface area contributed by atoms with E-state index in [-0.39, 0.29) is 0 Å². The van der Waals surface area contributed by atoms with Crippen LogP contribution in [0.15, 0.2) is 30.3 Å². The lowest BCUT2D eigenvalue weighted by Gasteiger charge is -2.12. The van der Waals surface area contributed by atoms with E-state index in [9.17, 15) is 9.90 Å². The second-order valence-corrected chi connectivity index (χ2v) is 3.80. The van der Waals surface area contributed by atoms with Crippen LogP contribution in [-0.2, 0) is 9.53 Å². The minimum atomic E-state index is -1.27. The van der Waals surface area contributed by atoms with Crippen molar-refractivity contribution in [1.29, 1.82) is 0 Å². The Bertz CT molecular complexity index is 566. The molecule has 1 unspecified atom stereocenters. The van der Waals surface area contributed by atoms with E-state index in [4.69, 9.17) is 0 Å². The molecule has 0 bridgehead atoms. The molecule has 1 aromatic carbocycles. The molecule has 4 nitrogen and oxygen atoms in total. The van der Waals surface area contributed by atoms with Gasteiger partial charge < -0.3 is 9.84 Å². The summed E-state index contributed by atoms with van der Waals surface area (Å²) in [5.74, 6) is -0.666. The number of carbonyl (C=O) groups excluding carboxylic acids is 1. The third kappa shape index (κ3) is 2.12. The fourth-order valence-corrected chi connectivity index (χ4v) is 1.81. The van der Waals surface area contributed by atoms with E-state index in [2.05, 4.69) is 9.72 Å². The Hall–Kier alpha value is -1.94. The highest BCUT2D eigenvalue weighted by Crippen LogP contribution is 2.24. The average molecular weight is 231 g/mol. The summed E-state index contributed by atoms with van der Waals surface area (Å²) in [5.41, 5.74) is 2.03. The first-order chi connectivity index (χ1) is 8.13. The lowest BCUT2D eigenvalue weighted by atomic mass is 10.0. The quantitative estimate of drug-likeness (QED) is 0.800. The number of nitrogens with zero attached hydrogens (tertiary/aromatic N) is 1. The number of esters is 1. The Morgan fingerprint density at radius 3 is 2.82 bits per heavy atom. The number of benzene rings is 1. The molecular formula is C13H13NO3. The Morgan fingerprint density at radius 1 is 1.41 bits per heavy atom. The van der Waals surface area contributed by atoms with Crippen LogP contribution in [0.2, 0.25) is 0 Å². The summed E-state index contributed by atoms with van der Waals surface area (Å²) < 4.78 is 4.55. The molecule has 88 valence electrons. The average Bonchev–Trinajstić information content (AvgIpc) is 2.35. The largest absolute Gasteiger partial charge is 0.467 e. The molecule has 0 saturated carbocycles. The Balaban J connectivity index is 2.63. The molecule has 0 aliphatic carbocycles. The number of aliphatic hydroxyl groups is 1. The Morgan fingerprint density at radius 2 is 2.12 bits per heavy atom. The zero-order valence-electron chi connectivity index (χ0n) is 9.68. The van der Waals surface area contributed by atoms with Crippen LogP contribution in [0.5, 0.6) is 0 Å². The van der Waals surface area contributed by atoms with E-state index in [1.54, 1.807) is 6.07 Å². The van der Waals surface area contributed by atoms with Gasteiger partial charge in [0.2, 0.25) is 0 Å². The van der Waals surface area contributed by atoms with Gasteiger partial charge in [0.1, 0.15) is 0 Å². The van der Waals surface area contributed by atoms with Crippen molar-refractivity contribution >= 4 is 16.9 Å². The van der Waals surface area contributed by atoms with Crippen LogP contribution in [0.1, 0.15) is 17.4 Å². The normalized spacial score (nSPS) is 12.4. The Labute approximate surface area is 98.9 Å². The Kier molecular flexibility index (Phi) is 3.06. The number of carbonyl (C=O) groups is 1. The topological polar surface area (TPSA) is 59.4 Å². The molecular weight excluding hydrogens is 218 g/mol. The van der Waals surface area contributed by atoms with Crippen molar-refractivity contribution in [3.63, 3.8) is 0 Å². The van der Waals surface area contributed by atoms with Crippen LogP contribution < -0.4 is 0 Å².